The Hall–Kier alpha value is -0.670. The molecule has 0 aromatic heterocycles. The molecule has 1 N–H and O–H groups in total. The average molecular weight is 250 g/mol. The van der Waals surface area contributed by atoms with Crippen LogP contribution in [0.3, 0.4) is 0 Å². The fourth-order valence-electron chi connectivity index (χ4n) is 4.29. The van der Waals surface area contributed by atoms with Gasteiger partial charge in [-0.1, -0.05) is 19.1 Å². The topological polar surface area (TPSA) is 49.8 Å². The van der Waals surface area contributed by atoms with Crippen molar-refractivity contribution in [3.8, 4) is 0 Å². The molecule has 0 amide bonds. The summed E-state index contributed by atoms with van der Waals surface area (Å²) in [6.07, 6.45) is 1.54. The summed E-state index contributed by atoms with van der Waals surface area (Å²) in [5.74, 6) is 0.787. The molecule has 0 spiro atoms. The first-order valence-corrected chi connectivity index (χ1v) is 6.83. The summed E-state index contributed by atoms with van der Waals surface area (Å²) in [5.41, 5.74) is 0.484. The summed E-state index contributed by atoms with van der Waals surface area (Å²) in [6, 6.07) is 0. The predicted molar refractivity (Wildman–Crippen MR) is 68.0 cm³/mol. The van der Waals surface area contributed by atoms with Crippen LogP contribution in [0.2, 0.25) is 0 Å². The molecule has 3 fully saturated rings. The minimum Gasteiger partial charge on any atom is -0.393 e. The molecule has 3 aliphatic rings. The lowest BCUT2D eigenvalue weighted by Crippen LogP contribution is -2.55. The van der Waals surface area contributed by atoms with Gasteiger partial charge >= 0.3 is 0 Å². The molecule has 1 unspecified atom stereocenters. The van der Waals surface area contributed by atoms with Gasteiger partial charge in [0, 0.05) is 11.8 Å². The molecule has 0 aromatic carbocycles. The molecular formula is C15H22O3. The van der Waals surface area contributed by atoms with E-state index in [1.807, 2.05) is 13.8 Å². The zero-order chi connectivity index (χ0) is 13.3. The molecule has 18 heavy (non-hydrogen) atoms. The standard InChI is InChI=1S/C15H22O3/c1-8(2)9-5-11-14(3,12(17)6-9)7-10(16)13-15(11,4)18-13/h9,11-13,17H,1,5-7H2,2-4H3/t9-,11?,12-,13+,14-,15-/m1/s1. The van der Waals surface area contributed by atoms with Crippen LogP contribution < -0.4 is 0 Å². The number of hydrogen-bond acceptors (Lipinski definition) is 3. The van der Waals surface area contributed by atoms with Crippen molar-refractivity contribution in [2.75, 3.05) is 0 Å². The Morgan fingerprint density at radius 2 is 2.11 bits per heavy atom. The van der Waals surface area contributed by atoms with Crippen LogP contribution in [-0.2, 0) is 9.53 Å². The maximum atomic E-state index is 12.0. The molecule has 3 nitrogen and oxygen atoms in total. The molecular weight excluding hydrogens is 228 g/mol. The third-order valence-corrected chi connectivity index (χ3v) is 5.66. The molecule has 3 rings (SSSR count). The average Bonchev–Trinajstić information content (AvgIpc) is 2.95. The van der Waals surface area contributed by atoms with E-state index in [2.05, 4.69) is 13.5 Å². The fourth-order valence-corrected chi connectivity index (χ4v) is 4.29. The fraction of sp³-hybridized carbons (Fsp3) is 0.800. The molecule has 2 aliphatic carbocycles. The van der Waals surface area contributed by atoms with Crippen LogP contribution in [0.15, 0.2) is 12.2 Å². The molecule has 0 radical (unpaired) electrons. The van der Waals surface area contributed by atoms with E-state index >= 15 is 0 Å². The van der Waals surface area contributed by atoms with E-state index < -0.39 is 6.10 Å². The minimum absolute atomic E-state index is 0.170. The molecule has 6 atom stereocenters. The number of epoxide rings is 1. The molecule has 2 saturated carbocycles. The third-order valence-electron chi connectivity index (χ3n) is 5.66. The first kappa shape index (κ1) is 12.4. The zero-order valence-electron chi connectivity index (χ0n) is 11.4. The summed E-state index contributed by atoms with van der Waals surface area (Å²) in [5, 5.41) is 10.5. The van der Waals surface area contributed by atoms with Gasteiger partial charge in [0.2, 0.25) is 0 Å². The van der Waals surface area contributed by atoms with E-state index in [0.717, 1.165) is 18.4 Å². The maximum absolute atomic E-state index is 12.0. The van der Waals surface area contributed by atoms with Gasteiger partial charge in [-0.25, -0.2) is 0 Å². The van der Waals surface area contributed by atoms with Crippen molar-refractivity contribution in [3.05, 3.63) is 12.2 Å². The van der Waals surface area contributed by atoms with Gasteiger partial charge in [0.15, 0.2) is 5.78 Å². The predicted octanol–water partition coefficient (Wildman–Crippen LogP) is 2.09. The van der Waals surface area contributed by atoms with Crippen molar-refractivity contribution >= 4 is 5.78 Å². The van der Waals surface area contributed by atoms with Crippen molar-refractivity contribution in [2.24, 2.45) is 17.3 Å². The van der Waals surface area contributed by atoms with Gasteiger partial charge in [-0.05, 0) is 38.5 Å². The Morgan fingerprint density at radius 1 is 1.44 bits per heavy atom. The highest BCUT2D eigenvalue weighted by Crippen LogP contribution is 2.62. The van der Waals surface area contributed by atoms with Crippen LogP contribution >= 0.6 is 0 Å². The first-order valence-electron chi connectivity index (χ1n) is 6.83. The van der Waals surface area contributed by atoms with Gasteiger partial charge < -0.3 is 9.84 Å². The highest BCUT2D eigenvalue weighted by Gasteiger charge is 2.71. The summed E-state index contributed by atoms with van der Waals surface area (Å²) in [4.78, 5) is 12.0. The van der Waals surface area contributed by atoms with E-state index in [4.69, 9.17) is 4.74 Å². The van der Waals surface area contributed by atoms with Gasteiger partial charge in [-0.3, -0.25) is 4.79 Å². The summed E-state index contributed by atoms with van der Waals surface area (Å²) < 4.78 is 5.70. The highest BCUT2D eigenvalue weighted by molar-refractivity contribution is 5.89. The SMILES string of the molecule is C=C(C)[C@@H]1CC2[C@@](C)(CC(=O)[C@@H]3O[C@]23C)[C@H](O)C1. The molecule has 3 heteroatoms. The van der Waals surface area contributed by atoms with Gasteiger partial charge in [0.1, 0.15) is 11.7 Å². The Kier molecular flexibility index (Phi) is 2.37. The molecule has 1 saturated heterocycles. The lowest BCUT2D eigenvalue weighted by molar-refractivity contribution is -0.135. The number of fused-ring (bicyclic) bond motifs is 3. The van der Waals surface area contributed by atoms with Crippen molar-refractivity contribution in [1.29, 1.82) is 0 Å². The van der Waals surface area contributed by atoms with Crippen molar-refractivity contribution in [1.82, 2.24) is 0 Å². The lowest BCUT2D eigenvalue weighted by atomic mass is 9.53. The summed E-state index contributed by atoms with van der Waals surface area (Å²) in [6.45, 7) is 10.1. The first-order chi connectivity index (χ1) is 8.29. The number of rotatable bonds is 1. The second-order valence-corrected chi connectivity index (χ2v) is 6.91. The molecule has 0 aromatic rings. The van der Waals surface area contributed by atoms with E-state index in [1.165, 1.54) is 0 Å². The van der Waals surface area contributed by atoms with E-state index in [9.17, 15) is 9.90 Å². The maximum Gasteiger partial charge on any atom is 0.165 e. The number of ketones is 1. The Bertz CT molecular complexity index is 429. The van der Waals surface area contributed by atoms with Crippen LogP contribution in [-0.4, -0.2) is 28.7 Å². The smallest absolute Gasteiger partial charge is 0.165 e. The van der Waals surface area contributed by atoms with Crippen LogP contribution in [0.5, 0.6) is 0 Å². The number of aliphatic hydroxyl groups excluding tert-OH is 1. The monoisotopic (exact) mass is 250 g/mol. The number of carbonyl (C=O) groups is 1. The molecule has 100 valence electrons. The van der Waals surface area contributed by atoms with Gasteiger partial charge in [-0.2, -0.15) is 0 Å². The van der Waals surface area contributed by atoms with Crippen LogP contribution in [0.1, 0.15) is 40.0 Å². The normalized spacial score (nSPS) is 54.6. The van der Waals surface area contributed by atoms with E-state index in [1.54, 1.807) is 0 Å². The summed E-state index contributed by atoms with van der Waals surface area (Å²) >= 11 is 0. The molecule has 1 heterocycles. The second-order valence-electron chi connectivity index (χ2n) is 6.91. The van der Waals surface area contributed by atoms with Gasteiger partial charge in [0.25, 0.3) is 0 Å². The van der Waals surface area contributed by atoms with Crippen molar-refractivity contribution in [3.63, 3.8) is 0 Å². The largest absolute Gasteiger partial charge is 0.393 e. The van der Waals surface area contributed by atoms with Gasteiger partial charge in [-0.15, -0.1) is 0 Å². The van der Waals surface area contributed by atoms with Crippen LogP contribution in [0, 0.1) is 17.3 Å². The third kappa shape index (κ3) is 1.41. The van der Waals surface area contributed by atoms with Crippen LogP contribution in [0.25, 0.3) is 0 Å². The number of ether oxygens (including phenoxy) is 1. The number of allylic oxidation sites excluding steroid dienone is 1. The number of hydrogen-bond donors (Lipinski definition) is 1. The number of carbonyl (C=O) groups excluding carboxylic acids is 1. The highest BCUT2D eigenvalue weighted by atomic mass is 16.6. The van der Waals surface area contributed by atoms with E-state index in [0.29, 0.717) is 12.3 Å². The lowest BCUT2D eigenvalue weighted by Gasteiger charge is -2.51. The number of Topliss-reactive ketones (excluding diaryl/α,β-unsaturated/α-hetero) is 1. The Labute approximate surface area is 108 Å². The Morgan fingerprint density at radius 3 is 2.72 bits per heavy atom. The second kappa shape index (κ2) is 3.45. The van der Waals surface area contributed by atoms with Crippen LogP contribution in [0.4, 0.5) is 0 Å². The molecule has 0 bridgehead atoms. The molecule has 1 aliphatic heterocycles. The summed E-state index contributed by atoms with van der Waals surface area (Å²) in [7, 11) is 0. The van der Waals surface area contributed by atoms with E-state index in [-0.39, 0.29) is 28.8 Å². The number of aliphatic hydroxyl groups is 1. The minimum atomic E-state index is -0.427. The van der Waals surface area contributed by atoms with Crippen molar-refractivity contribution < 1.29 is 14.6 Å². The zero-order valence-corrected chi connectivity index (χ0v) is 11.4. The van der Waals surface area contributed by atoms with Gasteiger partial charge in [0.05, 0.1) is 6.10 Å². The Balaban J connectivity index is 1.96. The van der Waals surface area contributed by atoms with Crippen molar-refractivity contribution in [2.45, 2.75) is 57.8 Å². The quantitative estimate of drug-likeness (QED) is 0.572.